The van der Waals surface area contributed by atoms with Gasteiger partial charge < -0.3 is 9.84 Å². The maximum absolute atomic E-state index is 11.4. The molecule has 0 aliphatic heterocycles. The average molecular weight is 203 g/mol. The number of hydrogen-bond donors (Lipinski definition) is 1. The summed E-state index contributed by atoms with van der Waals surface area (Å²) < 4.78 is 4.76. The van der Waals surface area contributed by atoms with Crippen LogP contribution in [-0.2, 0) is 0 Å². The largest absolute Gasteiger partial charge is 0.361 e. The number of alkyl halides is 1. The zero-order valence-corrected chi connectivity index (χ0v) is 8.26. The van der Waals surface area contributed by atoms with Gasteiger partial charge in [0.05, 0.1) is 6.20 Å². The molecule has 0 bridgehead atoms. The number of nitrogens with one attached hydrogen (secondary N) is 1. The van der Waals surface area contributed by atoms with Crippen molar-refractivity contribution in [1.29, 1.82) is 0 Å². The summed E-state index contributed by atoms with van der Waals surface area (Å²) in [5.74, 6) is 0.696. The van der Waals surface area contributed by atoms with E-state index >= 15 is 0 Å². The number of hydrogen-bond acceptors (Lipinski definition) is 3. The van der Waals surface area contributed by atoms with Crippen molar-refractivity contribution in [3.8, 4) is 0 Å². The summed E-state index contributed by atoms with van der Waals surface area (Å²) in [6.07, 6.45) is 1.39. The predicted octanol–water partition coefficient (Wildman–Crippen LogP) is 1.34. The van der Waals surface area contributed by atoms with Gasteiger partial charge in [-0.1, -0.05) is 5.16 Å². The normalized spacial score (nSPS) is 12.5. The summed E-state index contributed by atoms with van der Waals surface area (Å²) in [6.45, 7) is 3.51. The van der Waals surface area contributed by atoms with Gasteiger partial charge in [0.2, 0.25) is 0 Å². The molecule has 13 heavy (non-hydrogen) atoms. The highest BCUT2D eigenvalue weighted by molar-refractivity contribution is 6.18. The molecule has 1 aromatic rings. The van der Waals surface area contributed by atoms with Crippen LogP contribution in [0.2, 0.25) is 0 Å². The Morgan fingerprint density at radius 2 is 2.54 bits per heavy atom. The quantitative estimate of drug-likeness (QED) is 0.753. The Morgan fingerprint density at radius 3 is 3.00 bits per heavy atom. The number of aryl methyl sites for hydroxylation is 1. The minimum Gasteiger partial charge on any atom is -0.361 e. The van der Waals surface area contributed by atoms with E-state index in [1.54, 1.807) is 6.92 Å². The Balaban J connectivity index is 2.64. The first kappa shape index (κ1) is 10.1. The van der Waals surface area contributed by atoms with Crippen LogP contribution in [0, 0.1) is 6.92 Å². The molecule has 1 N–H and O–H groups in total. The molecule has 1 rings (SSSR count). The second-order valence-corrected chi connectivity index (χ2v) is 3.13. The molecule has 0 saturated carbocycles. The highest BCUT2D eigenvalue weighted by Crippen LogP contribution is 2.05. The molecule has 1 unspecified atom stereocenters. The van der Waals surface area contributed by atoms with Gasteiger partial charge in [-0.25, -0.2) is 0 Å². The van der Waals surface area contributed by atoms with Gasteiger partial charge in [0, 0.05) is 11.9 Å². The summed E-state index contributed by atoms with van der Waals surface area (Å²) in [4.78, 5) is 11.4. The molecule has 1 amide bonds. The second-order valence-electron chi connectivity index (χ2n) is 2.82. The molecule has 1 atom stereocenters. The van der Waals surface area contributed by atoms with Crippen LogP contribution in [0.15, 0.2) is 10.7 Å². The Hall–Kier alpha value is -1.03. The lowest BCUT2D eigenvalue weighted by atomic mass is 10.2. The molecule has 0 aromatic carbocycles. The third-order valence-electron chi connectivity index (χ3n) is 1.60. The van der Waals surface area contributed by atoms with E-state index in [1.807, 2.05) is 6.92 Å². The molecule has 72 valence electrons. The number of carbonyl (C=O) groups excluding carboxylic acids is 1. The topological polar surface area (TPSA) is 55.1 Å². The van der Waals surface area contributed by atoms with Crippen LogP contribution in [0.5, 0.6) is 0 Å². The van der Waals surface area contributed by atoms with Crippen LogP contribution in [0.3, 0.4) is 0 Å². The standard InChI is InChI=1S/C8H11ClN2O2/c1-5(3-9)11-8(12)7-4-10-13-6(7)2/h4-5H,3H2,1-2H3,(H,11,12). The van der Waals surface area contributed by atoms with E-state index in [2.05, 4.69) is 10.5 Å². The van der Waals surface area contributed by atoms with Gasteiger partial charge in [-0.3, -0.25) is 4.79 Å². The van der Waals surface area contributed by atoms with E-state index < -0.39 is 0 Å². The monoisotopic (exact) mass is 202 g/mol. The van der Waals surface area contributed by atoms with Gasteiger partial charge >= 0.3 is 0 Å². The SMILES string of the molecule is Cc1oncc1C(=O)NC(C)CCl. The first-order valence-corrected chi connectivity index (χ1v) is 4.46. The smallest absolute Gasteiger partial charge is 0.256 e. The molecule has 0 fully saturated rings. The van der Waals surface area contributed by atoms with E-state index in [-0.39, 0.29) is 11.9 Å². The van der Waals surface area contributed by atoms with Crippen molar-refractivity contribution < 1.29 is 9.32 Å². The number of carbonyl (C=O) groups is 1. The zero-order valence-electron chi connectivity index (χ0n) is 7.50. The van der Waals surface area contributed by atoms with Crippen LogP contribution in [0.25, 0.3) is 0 Å². The zero-order chi connectivity index (χ0) is 9.84. The van der Waals surface area contributed by atoms with E-state index in [9.17, 15) is 4.79 Å². The molecule has 0 radical (unpaired) electrons. The summed E-state index contributed by atoms with van der Waals surface area (Å²) in [6, 6.07) is -0.0523. The molecule has 0 spiro atoms. The second kappa shape index (κ2) is 4.28. The Morgan fingerprint density at radius 1 is 1.85 bits per heavy atom. The molecule has 4 nitrogen and oxygen atoms in total. The van der Waals surface area contributed by atoms with E-state index in [0.717, 1.165) is 0 Å². The fourth-order valence-electron chi connectivity index (χ4n) is 0.857. The average Bonchev–Trinajstić information content (AvgIpc) is 2.51. The molecule has 0 aliphatic carbocycles. The van der Waals surface area contributed by atoms with Crippen LogP contribution in [-0.4, -0.2) is 23.0 Å². The number of rotatable bonds is 3. The maximum Gasteiger partial charge on any atom is 0.256 e. The van der Waals surface area contributed by atoms with Gasteiger partial charge in [0.15, 0.2) is 0 Å². The maximum atomic E-state index is 11.4. The van der Waals surface area contributed by atoms with Crippen molar-refractivity contribution in [2.24, 2.45) is 0 Å². The molecular formula is C8H11ClN2O2. The lowest BCUT2D eigenvalue weighted by Crippen LogP contribution is -2.33. The summed E-state index contributed by atoms with van der Waals surface area (Å²) in [5, 5.41) is 6.21. The Labute approximate surface area is 81.2 Å². The molecule has 5 heteroatoms. The lowest BCUT2D eigenvalue weighted by Gasteiger charge is -2.08. The van der Waals surface area contributed by atoms with Crippen molar-refractivity contribution in [2.45, 2.75) is 19.9 Å². The highest BCUT2D eigenvalue weighted by Gasteiger charge is 2.14. The van der Waals surface area contributed by atoms with Crippen LogP contribution >= 0.6 is 11.6 Å². The van der Waals surface area contributed by atoms with Crippen molar-refractivity contribution in [1.82, 2.24) is 10.5 Å². The molecule has 0 saturated heterocycles. The summed E-state index contributed by atoms with van der Waals surface area (Å²) in [7, 11) is 0. The Kier molecular flexibility index (Phi) is 3.31. The highest BCUT2D eigenvalue weighted by atomic mass is 35.5. The number of nitrogens with zero attached hydrogens (tertiary/aromatic N) is 1. The molecular weight excluding hydrogens is 192 g/mol. The van der Waals surface area contributed by atoms with Gasteiger partial charge in [-0.15, -0.1) is 11.6 Å². The van der Waals surface area contributed by atoms with Crippen molar-refractivity contribution in [3.05, 3.63) is 17.5 Å². The first-order chi connectivity index (χ1) is 6.15. The van der Waals surface area contributed by atoms with Crippen LogP contribution in [0.1, 0.15) is 23.0 Å². The van der Waals surface area contributed by atoms with Gasteiger partial charge in [-0.2, -0.15) is 0 Å². The van der Waals surface area contributed by atoms with E-state index in [4.69, 9.17) is 16.1 Å². The first-order valence-electron chi connectivity index (χ1n) is 3.93. The molecule has 1 heterocycles. The van der Waals surface area contributed by atoms with Crippen molar-refractivity contribution >= 4 is 17.5 Å². The fourth-order valence-corrected chi connectivity index (χ4v) is 0.934. The van der Waals surface area contributed by atoms with Crippen LogP contribution < -0.4 is 5.32 Å². The minimum atomic E-state index is -0.202. The summed E-state index contributed by atoms with van der Waals surface area (Å²) >= 11 is 5.54. The molecule has 0 aliphatic rings. The van der Waals surface area contributed by atoms with Crippen molar-refractivity contribution in [2.75, 3.05) is 5.88 Å². The third-order valence-corrected chi connectivity index (χ3v) is 2.07. The number of amides is 1. The minimum absolute atomic E-state index is 0.0523. The van der Waals surface area contributed by atoms with Crippen LogP contribution in [0.4, 0.5) is 0 Å². The summed E-state index contributed by atoms with van der Waals surface area (Å²) in [5.41, 5.74) is 0.456. The lowest BCUT2D eigenvalue weighted by molar-refractivity contribution is 0.0942. The van der Waals surface area contributed by atoms with E-state index in [1.165, 1.54) is 6.20 Å². The van der Waals surface area contributed by atoms with Gasteiger partial charge in [-0.05, 0) is 13.8 Å². The third kappa shape index (κ3) is 2.45. The number of halogens is 1. The van der Waals surface area contributed by atoms with Gasteiger partial charge in [0.1, 0.15) is 11.3 Å². The van der Waals surface area contributed by atoms with E-state index in [0.29, 0.717) is 17.2 Å². The fraction of sp³-hybridized carbons (Fsp3) is 0.500. The number of aromatic nitrogens is 1. The Bertz CT molecular complexity index is 298. The molecule has 1 aromatic heterocycles. The van der Waals surface area contributed by atoms with Crippen molar-refractivity contribution in [3.63, 3.8) is 0 Å². The predicted molar refractivity (Wildman–Crippen MR) is 48.9 cm³/mol. The van der Waals surface area contributed by atoms with Gasteiger partial charge in [0.25, 0.3) is 5.91 Å².